The molecule has 0 aliphatic heterocycles. The quantitative estimate of drug-likeness (QED) is 0.191. The standard InChI is InChI=1S/C38H51N3O4/c1-9-10-11-15-23-41(36(43)32(25-30-19-13-12-14-20-30)39-37(44)45-38(6,7)8)34(31-24-26(2)21-22-27(31)3)35(42)40-33-28(4)17-16-18-29(33)5/h12-14,16-22,24,32,34H,9-11,15,23,25H2,1-8H3,(H,39,44)(H,40,42). The molecule has 2 atom stereocenters. The van der Waals surface area contributed by atoms with Gasteiger partial charge in [-0.3, -0.25) is 9.59 Å². The summed E-state index contributed by atoms with van der Waals surface area (Å²) < 4.78 is 5.58. The average Bonchev–Trinajstić information content (AvgIpc) is 2.97. The van der Waals surface area contributed by atoms with Gasteiger partial charge in [-0.25, -0.2) is 4.79 Å². The summed E-state index contributed by atoms with van der Waals surface area (Å²) in [4.78, 5) is 44.0. The highest BCUT2D eigenvalue weighted by Crippen LogP contribution is 2.30. The van der Waals surface area contributed by atoms with Crippen molar-refractivity contribution in [1.29, 1.82) is 0 Å². The molecule has 3 rings (SSSR count). The number of anilines is 1. The highest BCUT2D eigenvalue weighted by Gasteiger charge is 2.37. The van der Waals surface area contributed by atoms with E-state index < -0.39 is 23.8 Å². The maximum Gasteiger partial charge on any atom is 0.408 e. The molecule has 0 heterocycles. The second-order valence-electron chi connectivity index (χ2n) is 13.0. The molecule has 2 N–H and O–H groups in total. The fourth-order valence-corrected chi connectivity index (χ4v) is 5.48. The molecule has 0 bridgehead atoms. The molecule has 0 radical (unpaired) electrons. The second kappa shape index (κ2) is 16.3. The van der Waals surface area contributed by atoms with E-state index in [4.69, 9.17) is 4.74 Å². The minimum Gasteiger partial charge on any atom is -0.444 e. The zero-order valence-electron chi connectivity index (χ0n) is 28.3. The minimum absolute atomic E-state index is 0.252. The molecule has 0 aromatic heterocycles. The summed E-state index contributed by atoms with van der Waals surface area (Å²) in [6, 6.07) is 19.6. The molecular formula is C38H51N3O4. The molecule has 0 saturated carbocycles. The van der Waals surface area contributed by atoms with Crippen molar-refractivity contribution < 1.29 is 19.1 Å². The Morgan fingerprint density at radius 1 is 0.822 bits per heavy atom. The Morgan fingerprint density at radius 2 is 1.49 bits per heavy atom. The first kappa shape index (κ1) is 35.4. The number of hydrogen-bond acceptors (Lipinski definition) is 4. The lowest BCUT2D eigenvalue weighted by Crippen LogP contribution is -2.53. The lowest BCUT2D eigenvalue weighted by molar-refractivity contribution is -0.140. The lowest BCUT2D eigenvalue weighted by Gasteiger charge is -2.35. The van der Waals surface area contributed by atoms with Gasteiger partial charge in [-0.2, -0.15) is 0 Å². The van der Waals surface area contributed by atoms with E-state index in [-0.39, 0.29) is 18.2 Å². The number of carbonyl (C=O) groups excluding carboxylic acids is 3. The highest BCUT2D eigenvalue weighted by atomic mass is 16.6. The average molecular weight is 614 g/mol. The van der Waals surface area contributed by atoms with Gasteiger partial charge >= 0.3 is 6.09 Å². The Labute approximate surface area is 269 Å². The van der Waals surface area contributed by atoms with E-state index in [1.165, 1.54) is 0 Å². The molecule has 0 aliphatic carbocycles. The van der Waals surface area contributed by atoms with Crippen LogP contribution in [0.4, 0.5) is 10.5 Å². The van der Waals surface area contributed by atoms with Crippen LogP contribution in [0.2, 0.25) is 0 Å². The van der Waals surface area contributed by atoms with Gasteiger partial charge in [0.05, 0.1) is 0 Å². The number of hydrogen-bond donors (Lipinski definition) is 2. The number of nitrogens with zero attached hydrogens (tertiary/aromatic N) is 1. The number of nitrogens with one attached hydrogen (secondary N) is 2. The molecule has 3 aromatic rings. The zero-order valence-corrected chi connectivity index (χ0v) is 28.3. The third-order valence-corrected chi connectivity index (χ3v) is 7.83. The molecular weight excluding hydrogens is 562 g/mol. The summed E-state index contributed by atoms with van der Waals surface area (Å²) in [5, 5.41) is 6.04. The van der Waals surface area contributed by atoms with Crippen molar-refractivity contribution >= 4 is 23.6 Å². The maximum absolute atomic E-state index is 14.8. The third-order valence-electron chi connectivity index (χ3n) is 7.83. The summed E-state index contributed by atoms with van der Waals surface area (Å²) in [6.07, 6.45) is 3.28. The van der Waals surface area contributed by atoms with E-state index in [0.717, 1.165) is 64.8 Å². The van der Waals surface area contributed by atoms with Gasteiger partial charge in [-0.15, -0.1) is 0 Å². The monoisotopic (exact) mass is 613 g/mol. The van der Waals surface area contributed by atoms with Crippen molar-refractivity contribution in [2.24, 2.45) is 0 Å². The van der Waals surface area contributed by atoms with Gasteiger partial charge in [-0.1, -0.05) is 98.5 Å². The van der Waals surface area contributed by atoms with Gasteiger partial charge in [0, 0.05) is 18.7 Å². The topological polar surface area (TPSA) is 87.7 Å². The van der Waals surface area contributed by atoms with Gasteiger partial charge in [-0.05, 0) is 82.7 Å². The zero-order chi connectivity index (χ0) is 33.1. The molecule has 45 heavy (non-hydrogen) atoms. The summed E-state index contributed by atoms with van der Waals surface area (Å²) >= 11 is 0. The van der Waals surface area contributed by atoms with Gasteiger partial charge in [0.25, 0.3) is 5.91 Å². The summed E-state index contributed by atoms with van der Waals surface area (Å²) in [6.45, 7) is 15.7. The van der Waals surface area contributed by atoms with Gasteiger partial charge in [0.1, 0.15) is 17.7 Å². The van der Waals surface area contributed by atoms with Crippen molar-refractivity contribution in [3.63, 3.8) is 0 Å². The van der Waals surface area contributed by atoms with Gasteiger partial charge < -0.3 is 20.3 Å². The SMILES string of the molecule is CCCCCCN(C(=O)C(Cc1ccccc1)NC(=O)OC(C)(C)C)C(C(=O)Nc1c(C)cccc1C)c1cc(C)ccc1C. The second-order valence-corrected chi connectivity index (χ2v) is 13.0. The predicted octanol–water partition coefficient (Wildman–Crippen LogP) is 8.14. The van der Waals surface area contributed by atoms with Crippen LogP contribution < -0.4 is 10.6 Å². The minimum atomic E-state index is -0.950. The maximum atomic E-state index is 14.8. The number of ether oxygens (including phenoxy) is 1. The Kier molecular flexibility index (Phi) is 12.8. The smallest absolute Gasteiger partial charge is 0.408 e. The third kappa shape index (κ3) is 10.5. The molecule has 0 saturated heterocycles. The van der Waals surface area contributed by atoms with Crippen LogP contribution in [0.5, 0.6) is 0 Å². The van der Waals surface area contributed by atoms with Crippen molar-refractivity contribution in [3.05, 3.63) is 100 Å². The van der Waals surface area contributed by atoms with Crippen LogP contribution in [0.15, 0.2) is 66.7 Å². The van der Waals surface area contributed by atoms with Gasteiger partial charge in [0.15, 0.2) is 0 Å². The van der Waals surface area contributed by atoms with Crippen molar-refractivity contribution in [1.82, 2.24) is 10.2 Å². The molecule has 0 spiro atoms. The van der Waals surface area contributed by atoms with Crippen LogP contribution in [0.3, 0.4) is 0 Å². The largest absolute Gasteiger partial charge is 0.444 e. The number of benzene rings is 3. The molecule has 3 aromatic carbocycles. The van der Waals surface area contributed by atoms with Crippen LogP contribution in [-0.2, 0) is 20.7 Å². The first-order chi connectivity index (χ1) is 21.3. The normalized spacial score (nSPS) is 12.6. The van der Waals surface area contributed by atoms with Crippen LogP contribution in [0.25, 0.3) is 0 Å². The van der Waals surface area contributed by atoms with Crippen molar-refractivity contribution in [3.8, 4) is 0 Å². The number of amides is 3. The Morgan fingerprint density at radius 3 is 2.11 bits per heavy atom. The van der Waals surface area contributed by atoms with Crippen LogP contribution in [-0.4, -0.2) is 41.0 Å². The van der Waals surface area contributed by atoms with E-state index in [1.54, 1.807) is 25.7 Å². The number of rotatable bonds is 13. The van der Waals surface area contributed by atoms with E-state index in [2.05, 4.69) is 17.6 Å². The van der Waals surface area contributed by atoms with E-state index in [9.17, 15) is 14.4 Å². The Hall–Kier alpha value is -4.13. The summed E-state index contributed by atoms with van der Waals surface area (Å²) in [7, 11) is 0. The first-order valence-electron chi connectivity index (χ1n) is 16.1. The molecule has 242 valence electrons. The molecule has 3 amide bonds. The van der Waals surface area contributed by atoms with Crippen LogP contribution in [0, 0.1) is 27.7 Å². The Bertz CT molecular complexity index is 1420. The molecule has 7 nitrogen and oxygen atoms in total. The highest BCUT2D eigenvalue weighted by molar-refractivity contribution is 6.00. The van der Waals surface area contributed by atoms with E-state index in [1.807, 2.05) is 94.4 Å². The summed E-state index contributed by atoms with van der Waals surface area (Å²) in [5.41, 5.74) is 5.44. The number of para-hydroxylation sites is 1. The fourth-order valence-electron chi connectivity index (χ4n) is 5.48. The van der Waals surface area contributed by atoms with E-state index in [0.29, 0.717) is 6.54 Å². The van der Waals surface area contributed by atoms with Crippen LogP contribution >= 0.6 is 0 Å². The number of carbonyl (C=O) groups is 3. The fraction of sp³-hybridized carbons (Fsp3) is 0.447. The van der Waals surface area contributed by atoms with Gasteiger partial charge in [0.2, 0.25) is 5.91 Å². The predicted molar refractivity (Wildman–Crippen MR) is 182 cm³/mol. The molecule has 0 aliphatic rings. The Balaban J connectivity index is 2.14. The first-order valence-corrected chi connectivity index (χ1v) is 16.1. The number of unbranched alkanes of at least 4 members (excludes halogenated alkanes) is 3. The number of aryl methyl sites for hydroxylation is 4. The number of alkyl carbamates (subject to hydrolysis) is 1. The molecule has 2 unspecified atom stereocenters. The van der Waals surface area contributed by atoms with E-state index >= 15 is 0 Å². The van der Waals surface area contributed by atoms with Crippen molar-refractivity contribution in [2.75, 3.05) is 11.9 Å². The summed E-state index contributed by atoms with van der Waals surface area (Å²) in [5.74, 6) is -0.621. The lowest BCUT2D eigenvalue weighted by atomic mass is 9.94. The van der Waals surface area contributed by atoms with Crippen LogP contribution in [0.1, 0.15) is 92.8 Å². The molecule has 7 heteroatoms. The van der Waals surface area contributed by atoms with Crippen molar-refractivity contribution in [2.45, 2.75) is 105 Å². The molecule has 0 fully saturated rings.